The molecule has 1 aliphatic carbocycles. The topological polar surface area (TPSA) is 74.6 Å². The van der Waals surface area contributed by atoms with E-state index in [9.17, 15) is 19.8 Å². The monoisotopic (exact) mass is 560 g/mol. The van der Waals surface area contributed by atoms with E-state index in [0.717, 1.165) is 72.2 Å². The Balaban J connectivity index is 2.03. The van der Waals surface area contributed by atoms with Crippen molar-refractivity contribution < 1.29 is 19.8 Å². The molecule has 2 N–H and O–H groups in total. The van der Waals surface area contributed by atoms with E-state index < -0.39 is 11.9 Å². The van der Waals surface area contributed by atoms with Crippen LogP contribution in [0.3, 0.4) is 0 Å². The third kappa shape index (κ3) is 4.36. The van der Waals surface area contributed by atoms with Crippen LogP contribution in [-0.2, 0) is 5.41 Å². The molecule has 1 unspecified atom stereocenters. The molecule has 4 aromatic rings. The minimum absolute atomic E-state index is 0.0648. The van der Waals surface area contributed by atoms with Gasteiger partial charge in [-0.15, -0.1) is 0 Å². The molecule has 0 aliphatic heterocycles. The number of benzene rings is 4. The number of carboxylic acid groups (broad SMARTS) is 2. The summed E-state index contributed by atoms with van der Waals surface area (Å²) in [7, 11) is 0. The van der Waals surface area contributed by atoms with E-state index in [1.165, 1.54) is 10.9 Å². The summed E-state index contributed by atoms with van der Waals surface area (Å²) >= 11 is 0. The Morgan fingerprint density at radius 2 is 1.29 bits per heavy atom. The number of carbonyl (C=O) groups is 2. The number of hydrogen-bond donors (Lipinski definition) is 2. The van der Waals surface area contributed by atoms with E-state index in [-0.39, 0.29) is 11.3 Å². The molecule has 0 radical (unpaired) electrons. The molecule has 0 saturated carbocycles. The third-order valence-electron chi connectivity index (χ3n) is 9.27. The van der Waals surface area contributed by atoms with Crippen LogP contribution in [0.2, 0.25) is 0 Å². The summed E-state index contributed by atoms with van der Waals surface area (Å²) in [5.74, 6) is -2.15. The minimum Gasteiger partial charge on any atom is -0.478 e. The summed E-state index contributed by atoms with van der Waals surface area (Å²) in [4.78, 5) is 25.0. The van der Waals surface area contributed by atoms with Crippen LogP contribution in [0.1, 0.15) is 116 Å². The second kappa shape index (κ2) is 9.97. The standard InChI is InChI=1S/C38H40O4/c1-18-14-20(3)31(36(39)40)23(6)29(18)33-22(5)28-17-26(38(8,9)10)16-25-12-11-13-27(34(25)28)35(33)30-19(2)15-21(4)32(24(30)7)37(41)42/h11-17,35H,1-10H3,(H,39,40)(H,41,42). The molecule has 1 atom stereocenters. The van der Waals surface area contributed by atoms with E-state index in [4.69, 9.17) is 0 Å². The van der Waals surface area contributed by atoms with Gasteiger partial charge in [0.15, 0.2) is 0 Å². The van der Waals surface area contributed by atoms with Crippen LogP contribution in [0.25, 0.3) is 21.9 Å². The van der Waals surface area contributed by atoms with Crippen LogP contribution in [-0.4, -0.2) is 22.2 Å². The molecule has 0 amide bonds. The minimum atomic E-state index is -0.940. The quantitative estimate of drug-likeness (QED) is 0.261. The highest BCUT2D eigenvalue weighted by atomic mass is 16.4. The van der Waals surface area contributed by atoms with Crippen molar-refractivity contribution in [1.82, 2.24) is 0 Å². The van der Waals surface area contributed by atoms with Gasteiger partial charge in [0.05, 0.1) is 11.1 Å². The van der Waals surface area contributed by atoms with Crippen LogP contribution in [0.15, 0.2) is 42.5 Å². The first-order valence-corrected chi connectivity index (χ1v) is 14.5. The Morgan fingerprint density at radius 3 is 1.86 bits per heavy atom. The summed E-state index contributed by atoms with van der Waals surface area (Å²) in [6.07, 6.45) is 0. The van der Waals surface area contributed by atoms with Crippen molar-refractivity contribution in [2.75, 3.05) is 0 Å². The first-order valence-electron chi connectivity index (χ1n) is 14.5. The zero-order chi connectivity index (χ0) is 31.0. The van der Waals surface area contributed by atoms with Crippen molar-refractivity contribution >= 4 is 33.9 Å². The summed E-state index contributed by atoms with van der Waals surface area (Å²) < 4.78 is 0. The van der Waals surface area contributed by atoms with Gasteiger partial charge in [0.1, 0.15) is 0 Å². The highest BCUT2D eigenvalue weighted by molar-refractivity contribution is 6.11. The molecule has 0 fully saturated rings. The largest absolute Gasteiger partial charge is 0.478 e. The molecule has 1 aliphatic rings. The maximum absolute atomic E-state index is 12.5. The van der Waals surface area contributed by atoms with Crippen molar-refractivity contribution in [2.24, 2.45) is 0 Å². The lowest BCUT2D eigenvalue weighted by Gasteiger charge is -2.36. The first kappa shape index (κ1) is 29.3. The Labute approximate surface area is 248 Å². The Hall–Kier alpha value is -4.18. The van der Waals surface area contributed by atoms with E-state index in [1.54, 1.807) is 0 Å². The van der Waals surface area contributed by atoms with Crippen LogP contribution in [0, 0.1) is 41.5 Å². The number of rotatable bonds is 4. The lowest BCUT2D eigenvalue weighted by Crippen LogP contribution is -2.19. The SMILES string of the molecule is CC1=C(c2c(C)cc(C)c(C(=O)O)c2C)C(c2c(C)cc(C)c(C(=O)O)c2C)c2cccc3cc(C(C)(C)C)cc1c23. The van der Waals surface area contributed by atoms with E-state index in [2.05, 4.69) is 71.9 Å². The lowest BCUT2D eigenvalue weighted by molar-refractivity contribution is 0.0684. The molecule has 216 valence electrons. The van der Waals surface area contributed by atoms with Crippen molar-refractivity contribution in [3.8, 4) is 0 Å². The molecule has 5 rings (SSSR count). The van der Waals surface area contributed by atoms with Gasteiger partial charge >= 0.3 is 11.9 Å². The second-order valence-electron chi connectivity index (χ2n) is 13.1. The van der Waals surface area contributed by atoms with E-state index in [0.29, 0.717) is 11.1 Å². The molecule has 0 saturated heterocycles. The Bertz CT molecular complexity index is 1880. The number of hydrogen-bond acceptors (Lipinski definition) is 2. The zero-order valence-electron chi connectivity index (χ0n) is 26.3. The van der Waals surface area contributed by atoms with Gasteiger partial charge in [-0.05, 0) is 137 Å². The number of carboxylic acids is 2. The van der Waals surface area contributed by atoms with Crippen molar-refractivity contribution in [3.05, 3.63) is 115 Å². The van der Waals surface area contributed by atoms with Gasteiger partial charge in [0, 0.05) is 5.92 Å². The van der Waals surface area contributed by atoms with Gasteiger partial charge in [0.25, 0.3) is 0 Å². The molecule has 0 aromatic heterocycles. The van der Waals surface area contributed by atoms with Crippen molar-refractivity contribution in [2.45, 2.75) is 80.6 Å². The molecule has 4 aromatic carbocycles. The van der Waals surface area contributed by atoms with Crippen LogP contribution < -0.4 is 0 Å². The second-order valence-corrected chi connectivity index (χ2v) is 13.1. The summed E-state index contributed by atoms with van der Waals surface area (Å²) in [5.41, 5.74) is 13.1. The number of aromatic carboxylic acids is 2. The molecule has 4 heteroatoms. The van der Waals surface area contributed by atoms with Gasteiger partial charge in [0.2, 0.25) is 0 Å². The molecule has 4 nitrogen and oxygen atoms in total. The van der Waals surface area contributed by atoms with Crippen LogP contribution in [0.5, 0.6) is 0 Å². The first-order chi connectivity index (χ1) is 19.6. The Morgan fingerprint density at radius 1 is 0.714 bits per heavy atom. The van der Waals surface area contributed by atoms with Crippen LogP contribution in [0.4, 0.5) is 0 Å². The molecule has 0 spiro atoms. The highest BCUT2D eigenvalue weighted by Gasteiger charge is 2.36. The normalized spacial score (nSPS) is 15.0. The summed E-state index contributed by atoms with van der Waals surface area (Å²) in [5, 5.41) is 22.8. The Kier molecular flexibility index (Phi) is 6.96. The van der Waals surface area contributed by atoms with E-state index in [1.807, 2.05) is 39.8 Å². The summed E-state index contributed by atoms with van der Waals surface area (Å²) in [6, 6.07) is 14.9. The number of allylic oxidation sites excluding steroid dienone is 2. The fourth-order valence-electron chi connectivity index (χ4n) is 7.48. The van der Waals surface area contributed by atoms with Crippen molar-refractivity contribution in [1.29, 1.82) is 0 Å². The molecular formula is C38H40O4. The molecule has 0 bridgehead atoms. The maximum Gasteiger partial charge on any atom is 0.336 e. The van der Waals surface area contributed by atoms with Gasteiger partial charge in [-0.25, -0.2) is 9.59 Å². The van der Waals surface area contributed by atoms with Gasteiger partial charge in [-0.3, -0.25) is 0 Å². The fraction of sp³-hybridized carbons (Fsp3) is 0.316. The van der Waals surface area contributed by atoms with Crippen LogP contribution >= 0.6 is 0 Å². The number of aryl methyl sites for hydroxylation is 4. The average Bonchev–Trinajstić information content (AvgIpc) is 2.86. The fourth-order valence-corrected chi connectivity index (χ4v) is 7.48. The van der Waals surface area contributed by atoms with Crippen molar-refractivity contribution in [3.63, 3.8) is 0 Å². The molecular weight excluding hydrogens is 520 g/mol. The third-order valence-corrected chi connectivity index (χ3v) is 9.27. The zero-order valence-corrected chi connectivity index (χ0v) is 26.3. The highest BCUT2D eigenvalue weighted by Crippen LogP contribution is 2.53. The van der Waals surface area contributed by atoms with Gasteiger partial charge in [-0.1, -0.05) is 63.2 Å². The van der Waals surface area contributed by atoms with E-state index >= 15 is 0 Å². The molecule has 42 heavy (non-hydrogen) atoms. The molecule has 0 heterocycles. The van der Waals surface area contributed by atoms with Gasteiger partial charge in [-0.2, -0.15) is 0 Å². The summed E-state index contributed by atoms with van der Waals surface area (Å²) in [6.45, 7) is 20.5. The average molecular weight is 561 g/mol. The predicted octanol–water partition coefficient (Wildman–Crippen LogP) is 9.46. The predicted molar refractivity (Wildman–Crippen MR) is 172 cm³/mol. The maximum atomic E-state index is 12.5. The van der Waals surface area contributed by atoms with Gasteiger partial charge < -0.3 is 10.2 Å². The smallest absolute Gasteiger partial charge is 0.336 e. The lowest BCUT2D eigenvalue weighted by atomic mass is 9.67.